The molecule has 0 heterocycles. The SMILES string of the molecule is Nc1c(F)cc(C(N)CCO)cc1F. The number of aliphatic hydroxyl groups is 1. The summed E-state index contributed by atoms with van der Waals surface area (Å²) >= 11 is 0. The van der Waals surface area contributed by atoms with Crippen LogP contribution in [0.1, 0.15) is 18.0 Å². The Labute approximate surface area is 80.3 Å². The Hall–Kier alpha value is -1.20. The Morgan fingerprint density at radius 2 is 1.79 bits per heavy atom. The molecule has 0 aliphatic heterocycles. The monoisotopic (exact) mass is 202 g/mol. The van der Waals surface area contributed by atoms with Gasteiger partial charge in [-0.2, -0.15) is 0 Å². The van der Waals surface area contributed by atoms with Crippen molar-refractivity contribution >= 4 is 5.69 Å². The van der Waals surface area contributed by atoms with Gasteiger partial charge in [0.1, 0.15) is 17.3 Å². The third-order valence-electron chi connectivity index (χ3n) is 1.97. The van der Waals surface area contributed by atoms with Crippen LogP contribution >= 0.6 is 0 Å². The average molecular weight is 202 g/mol. The van der Waals surface area contributed by atoms with E-state index in [1.165, 1.54) is 0 Å². The van der Waals surface area contributed by atoms with Gasteiger partial charge in [0.2, 0.25) is 0 Å². The van der Waals surface area contributed by atoms with E-state index in [-0.39, 0.29) is 13.0 Å². The van der Waals surface area contributed by atoms with Gasteiger partial charge in [-0.15, -0.1) is 0 Å². The first-order valence-corrected chi connectivity index (χ1v) is 4.17. The quantitative estimate of drug-likeness (QED) is 0.638. The molecule has 1 rings (SSSR count). The Bertz CT molecular complexity index is 308. The van der Waals surface area contributed by atoms with Crippen molar-refractivity contribution in [2.75, 3.05) is 12.3 Å². The molecule has 0 saturated heterocycles. The minimum absolute atomic E-state index is 0.130. The first kappa shape index (κ1) is 10.9. The zero-order valence-electron chi connectivity index (χ0n) is 7.50. The molecule has 0 aliphatic carbocycles. The van der Waals surface area contributed by atoms with Crippen LogP contribution in [-0.2, 0) is 0 Å². The Morgan fingerprint density at radius 3 is 2.21 bits per heavy atom. The summed E-state index contributed by atoms with van der Waals surface area (Å²) in [4.78, 5) is 0. The van der Waals surface area contributed by atoms with Crippen LogP contribution < -0.4 is 11.5 Å². The van der Waals surface area contributed by atoms with Crippen LogP contribution in [0.4, 0.5) is 14.5 Å². The molecule has 0 saturated carbocycles. The minimum atomic E-state index is -0.826. The number of hydrogen-bond acceptors (Lipinski definition) is 3. The number of rotatable bonds is 3. The molecule has 5 heteroatoms. The summed E-state index contributed by atoms with van der Waals surface area (Å²) in [6, 6.07) is 1.59. The van der Waals surface area contributed by atoms with Gasteiger partial charge >= 0.3 is 0 Å². The molecule has 1 unspecified atom stereocenters. The largest absolute Gasteiger partial charge is 0.396 e. The van der Waals surface area contributed by atoms with Crippen LogP contribution in [0.5, 0.6) is 0 Å². The fraction of sp³-hybridized carbons (Fsp3) is 0.333. The van der Waals surface area contributed by atoms with Crippen LogP contribution in [0.25, 0.3) is 0 Å². The molecule has 0 spiro atoms. The highest BCUT2D eigenvalue weighted by atomic mass is 19.1. The molecule has 14 heavy (non-hydrogen) atoms. The van der Waals surface area contributed by atoms with Crippen molar-refractivity contribution in [3.63, 3.8) is 0 Å². The summed E-state index contributed by atoms with van der Waals surface area (Å²) in [5.74, 6) is -1.65. The van der Waals surface area contributed by atoms with E-state index in [0.29, 0.717) is 5.56 Å². The zero-order valence-corrected chi connectivity index (χ0v) is 7.50. The molecular formula is C9H12F2N2O. The van der Waals surface area contributed by atoms with Gasteiger partial charge in [0, 0.05) is 12.6 Å². The fourth-order valence-corrected chi connectivity index (χ4v) is 1.12. The van der Waals surface area contributed by atoms with E-state index >= 15 is 0 Å². The van der Waals surface area contributed by atoms with Gasteiger partial charge in [-0.05, 0) is 24.1 Å². The molecule has 1 aromatic carbocycles. The lowest BCUT2D eigenvalue weighted by Crippen LogP contribution is -2.13. The topological polar surface area (TPSA) is 72.3 Å². The van der Waals surface area contributed by atoms with Crippen molar-refractivity contribution in [2.45, 2.75) is 12.5 Å². The van der Waals surface area contributed by atoms with E-state index in [1.807, 2.05) is 0 Å². The summed E-state index contributed by atoms with van der Waals surface area (Å²) < 4.78 is 25.9. The first-order valence-electron chi connectivity index (χ1n) is 4.17. The Balaban J connectivity index is 3.00. The molecule has 1 aromatic rings. The van der Waals surface area contributed by atoms with Crippen LogP contribution in [0.15, 0.2) is 12.1 Å². The average Bonchev–Trinajstić information content (AvgIpc) is 2.13. The summed E-state index contributed by atoms with van der Waals surface area (Å²) in [5.41, 5.74) is 10.4. The second-order valence-electron chi connectivity index (χ2n) is 3.02. The van der Waals surface area contributed by atoms with E-state index in [2.05, 4.69) is 0 Å². The lowest BCUT2D eigenvalue weighted by atomic mass is 10.0. The molecule has 3 nitrogen and oxygen atoms in total. The number of nitrogen functional groups attached to an aromatic ring is 1. The van der Waals surface area contributed by atoms with Crippen LogP contribution in [0.3, 0.4) is 0 Å². The number of anilines is 1. The van der Waals surface area contributed by atoms with Gasteiger partial charge in [-0.3, -0.25) is 0 Å². The van der Waals surface area contributed by atoms with Crippen LogP contribution in [0.2, 0.25) is 0 Å². The Kier molecular flexibility index (Phi) is 3.38. The molecule has 0 fully saturated rings. The van der Waals surface area contributed by atoms with Crippen molar-refractivity contribution in [2.24, 2.45) is 5.73 Å². The Morgan fingerprint density at radius 1 is 1.29 bits per heavy atom. The van der Waals surface area contributed by atoms with Crippen molar-refractivity contribution in [1.82, 2.24) is 0 Å². The van der Waals surface area contributed by atoms with Crippen molar-refractivity contribution in [1.29, 1.82) is 0 Å². The molecule has 1 atom stereocenters. The van der Waals surface area contributed by atoms with Crippen LogP contribution in [-0.4, -0.2) is 11.7 Å². The maximum absolute atomic E-state index is 13.0. The lowest BCUT2D eigenvalue weighted by Gasteiger charge is -2.11. The highest BCUT2D eigenvalue weighted by Crippen LogP contribution is 2.21. The molecule has 0 bridgehead atoms. The minimum Gasteiger partial charge on any atom is -0.396 e. The molecule has 0 aromatic heterocycles. The van der Waals surface area contributed by atoms with E-state index in [0.717, 1.165) is 12.1 Å². The molecule has 78 valence electrons. The van der Waals surface area contributed by atoms with E-state index in [1.54, 1.807) is 0 Å². The van der Waals surface area contributed by atoms with Gasteiger partial charge in [0.15, 0.2) is 0 Å². The number of halogens is 2. The zero-order chi connectivity index (χ0) is 10.7. The highest BCUT2D eigenvalue weighted by Gasteiger charge is 2.12. The normalized spacial score (nSPS) is 12.9. The number of benzene rings is 1. The van der Waals surface area contributed by atoms with E-state index < -0.39 is 23.4 Å². The van der Waals surface area contributed by atoms with E-state index in [4.69, 9.17) is 16.6 Å². The van der Waals surface area contributed by atoms with Gasteiger partial charge in [0.25, 0.3) is 0 Å². The number of nitrogens with two attached hydrogens (primary N) is 2. The van der Waals surface area contributed by atoms with Crippen LogP contribution in [0, 0.1) is 11.6 Å². The van der Waals surface area contributed by atoms with Gasteiger partial charge in [0.05, 0.1) is 0 Å². The maximum atomic E-state index is 13.0. The number of aliphatic hydroxyl groups excluding tert-OH is 1. The van der Waals surface area contributed by atoms with Gasteiger partial charge < -0.3 is 16.6 Å². The second-order valence-corrected chi connectivity index (χ2v) is 3.02. The predicted molar refractivity (Wildman–Crippen MR) is 49.4 cm³/mol. The molecular weight excluding hydrogens is 190 g/mol. The summed E-state index contributed by atoms with van der Waals surface area (Å²) in [6.45, 7) is -0.130. The lowest BCUT2D eigenvalue weighted by molar-refractivity contribution is 0.276. The summed E-state index contributed by atoms with van der Waals surface area (Å²) in [5, 5.41) is 8.60. The first-order chi connectivity index (χ1) is 6.56. The molecule has 0 radical (unpaired) electrons. The second kappa shape index (κ2) is 4.34. The smallest absolute Gasteiger partial charge is 0.149 e. The highest BCUT2D eigenvalue weighted by molar-refractivity contribution is 5.43. The molecule has 0 aliphatic rings. The van der Waals surface area contributed by atoms with Crippen molar-refractivity contribution < 1.29 is 13.9 Å². The standard InChI is InChI=1S/C9H12F2N2O/c10-6-3-5(8(12)1-2-14)4-7(11)9(6)13/h3-4,8,14H,1-2,12-13H2. The van der Waals surface area contributed by atoms with E-state index in [9.17, 15) is 8.78 Å². The summed E-state index contributed by atoms with van der Waals surface area (Å²) in [7, 11) is 0. The van der Waals surface area contributed by atoms with Crippen molar-refractivity contribution in [3.05, 3.63) is 29.3 Å². The number of hydrogen-bond donors (Lipinski definition) is 3. The predicted octanol–water partition coefficient (Wildman–Crippen LogP) is 0.929. The van der Waals surface area contributed by atoms with Gasteiger partial charge in [-0.1, -0.05) is 0 Å². The third-order valence-corrected chi connectivity index (χ3v) is 1.97. The maximum Gasteiger partial charge on any atom is 0.149 e. The molecule has 5 N–H and O–H groups in total. The summed E-state index contributed by atoms with van der Waals surface area (Å²) in [6.07, 6.45) is 0.253. The van der Waals surface area contributed by atoms with Gasteiger partial charge in [-0.25, -0.2) is 8.78 Å². The third kappa shape index (κ3) is 2.18. The van der Waals surface area contributed by atoms with Crippen molar-refractivity contribution in [3.8, 4) is 0 Å². The fourth-order valence-electron chi connectivity index (χ4n) is 1.12. The molecule has 0 amide bonds.